The van der Waals surface area contributed by atoms with Crippen LogP contribution in [-0.4, -0.2) is 40.2 Å². The van der Waals surface area contributed by atoms with Gasteiger partial charge < -0.3 is 10.6 Å². The molecule has 1 amide bonds. The Morgan fingerprint density at radius 2 is 2.05 bits per heavy atom. The predicted molar refractivity (Wildman–Crippen MR) is 75.8 cm³/mol. The van der Waals surface area contributed by atoms with E-state index < -0.39 is 21.7 Å². The van der Waals surface area contributed by atoms with Crippen molar-refractivity contribution in [3.63, 3.8) is 0 Å². The van der Waals surface area contributed by atoms with E-state index in [1.165, 1.54) is 12.1 Å². The van der Waals surface area contributed by atoms with E-state index in [4.69, 9.17) is 11.6 Å². The third-order valence-electron chi connectivity index (χ3n) is 2.16. The fourth-order valence-corrected chi connectivity index (χ4v) is 1.94. The number of benzene rings is 1. The number of hydrogen-bond acceptors (Lipinski definition) is 4. The Hall–Kier alpha value is -1.22. The van der Waals surface area contributed by atoms with E-state index in [1.54, 1.807) is 0 Å². The molecule has 9 heteroatoms. The molecule has 1 aromatic rings. The van der Waals surface area contributed by atoms with Crippen molar-refractivity contribution in [3.8, 4) is 0 Å². The van der Waals surface area contributed by atoms with Crippen molar-refractivity contribution in [2.45, 2.75) is 0 Å². The van der Waals surface area contributed by atoms with Crippen molar-refractivity contribution in [2.24, 2.45) is 0 Å². The van der Waals surface area contributed by atoms with Gasteiger partial charge >= 0.3 is 0 Å². The molecular formula is C11H15ClFN3O3S. The van der Waals surface area contributed by atoms with Gasteiger partial charge in [0.15, 0.2) is 0 Å². The summed E-state index contributed by atoms with van der Waals surface area (Å²) in [7, 11) is -3.24. The smallest absolute Gasteiger partial charge is 0.238 e. The van der Waals surface area contributed by atoms with E-state index in [2.05, 4.69) is 15.4 Å². The number of anilines is 1. The molecule has 0 radical (unpaired) electrons. The lowest BCUT2D eigenvalue weighted by Crippen LogP contribution is -2.35. The zero-order chi connectivity index (χ0) is 15.2. The topological polar surface area (TPSA) is 87.3 Å². The normalized spacial score (nSPS) is 11.3. The second kappa shape index (κ2) is 7.53. The maximum atomic E-state index is 13.4. The molecule has 0 saturated carbocycles. The van der Waals surface area contributed by atoms with Gasteiger partial charge in [-0.1, -0.05) is 11.6 Å². The van der Waals surface area contributed by atoms with Crippen LogP contribution in [-0.2, 0) is 14.8 Å². The summed E-state index contributed by atoms with van der Waals surface area (Å²) in [6.07, 6.45) is 1.04. The van der Waals surface area contributed by atoms with Crippen molar-refractivity contribution in [2.75, 3.05) is 31.2 Å². The summed E-state index contributed by atoms with van der Waals surface area (Å²) < 4.78 is 37.2. The van der Waals surface area contributed by atoms with Crippen LogP contribution < -0.4 is 15.4 Å². The highest BCUT2D eigenvalue weighted by Crippen LogP contribution is 2.18. The van der Waals surface area contributed by atoms with E-state index >= 15 is 0 Å². The minimum Gasteiger partial charge on any atom is -0.322 e. The molecule has 3 N–H and O–H groups in total. The molecule has 0 heterocycles. The van der Waals surface area contributed by atoms with E-state index in [-0.39, 0.29) is 30.3 Å². The molecule has 0 fully saturated rings. The van der Waals surface area contributed by atoms with Gasteiger partial charge in [0.2, 0.25) is 15.9 Å². The number of sulfonamides is 1. The third-order valence-corrected chi connectivity index (χ3v) is 3.12. The molecule has 1 aromatic carbocycles. The van der Waals surface area contributed by atoms with Crippen molar-refractivity contribution in [3.05, 3.63) is 29.0 Å². The summed E-state index contributed by atoms with van der Waals surface area (Å²) in [6.45, 7) is 0.387. The van der Waals surface area contributed by atoms with E-state index in [9.17, 15) is 17.6 Å². The van der Waals surface area contributed by atoms with Gasteiger partial charge in [-0.05, 0) is 18.2 Å². The van der Waals surface area contributed by atoms with Gasteiger partial charge in [-0.2, -0.15) is 0 Å². The molecule has 0 aliphatic rings. The summed E-state index contributed by atoms with van der Waals surface area (Å²) in [5, 5.41) is 5.33. The van der Waals surface area contributed by atoms with Crippen LogP contribution in [0, 0.1) is 5.82 Å². The van der Waals surface area contributed by atoms with Crippen molar-refractivity contribution < 1.29 is 17.6 Å². The average Bonchev–Trinajstić information content (AvgIpc) is 2.31. The summed E-state index contributed by atoms with van der Waals surface area (Å²) in [5.41, 5.74) is 0.0375. The van der Waals surface area contributed by atoms with E-state index in [1.807, 2.05) is 0 Å². The standard InChI is InChI=1S/C11H15ClFN3O3S/c1-20(18,19)15-5-4-14-7-11(17)16-10-3-2-8(12)6-9(10)13/h2-3,6,14-15H,4-5,7H2,1H3,(H,16,17). The number of rotatable bonds is 7. The van der Waals surface area contributed by atoms with Gasteiger partial charge in [0.1, 0.15) is 5.82 Å². The molecule has 0 unspecified atom stereocenters. The second-order valence-corrected chi connectivity index (χ2v) is 6.29. The minimum absolute atomic E-state index is 0.0375. The average molecular weight is 324 g/mol. The van der Waals surface area contributed by atoms with Gasteiger partial charge in [0.05, 0.1) is 18.5 Å². The fourth-order valence-electron chi connectivity index (χ4n) is 1.31. The maximum absolute atomic E-state index is 13.4. The molecule has 0 aliphatic heterocycles. The summed E-state index contributed by atoms with van der Waals surface area (Å²) >= 11 is 5.59. The van der Waals surface area contributed by atoms with Crippen LogP contribution in [0.5, 0.6) is 0 Å². The van der Waals surface area contributed by atoms with Gasteiger partial charge in [-0.15, -0.1) is 0 Å². The molecule has 0 aromatic heterocycles. The Kier molecular flexibility index (Phi) is 6.34. The lowest BCUT2D eigenvalue weighted by molar-refractivity contribution is -0.115. The van der Waals surface area contributed by atoms with Gasteiger partial charge in [0, 0.05) is 18.1 Å². The minimum atomic E-state index is -3.24. The molecule has 112 valence electrons. The predicted octanol–water partition coefficient (Wildman–Crippen LogP) is 0.556. The number of hydrogen-bond donors (Lipinski definition) is 3. The van der Waals surface area contributed by atoms with Gasteiger partial charge in [0.25, 0.3) is 0 Å². The molecule has 0 spiro atoms. The van der Waals surface area contributed by atoms with Gasteiger partial charge in [-0.25, -0.2) is 17.5 Å². The molecule has 0 saturated heterocycles. The first-order chi connectivity index (χ1) is 9.28. The number of amides is 1. The Morgan fingerprint density at radius 3 is 2.65 bits per heavy atom. The van der Waals surface area contributed by atoms with Crippen LogP contribution >= 0.6 is 11.6 Å². The number of halogens is 2. The number of carbonyl (C=O) groups excluding carboxylic acids is 1. The Balaban J connectivity index is 2.30. The zero-order valence-electron chi connectivity index (χ0n) is 10.7. The van der Waals surface area contributed by atoms with Crippen LogP contribution in [0.25, 0.3) is 0 Å². The SMILES string of the molecule is CS(=O)(=O)NCCNCC(=O)Nc1ccc(Cl)cc1F. The molecular weight excluding hydrogens is 309 g/mol. The second-order valence-electron chi connectivity index (χ2n) is 4.02. The first-order valence-corrected chi connectivity index (χ1v) is 7.95. The Bertz CT molecular complexity index is 580. The molecule has 1 rings (SSSR count). The van der Waals surface area contributed by atoms with Crippen LogP contribution in [0.15, 0.2) is 18.2 Å². The lowest BCUT2D eigenvalue weighted by atomic mass is 10.3. The highest BCUT2D eigenvalue weighted by atomic mass is 35.5. The molecule has 0 bridgehead atoms. The first-order valence-electron chi connectivity index (χ1n) is 5.68. The van der Waals surface area contributed by atoms with E-state index in [0.717, 1.165) is 12.3 Å². The molecule has 0 atom stereocenters. The number of carbonyl (C=O) groups is 1. The quantitative estimate of drug-likeness (QED) is 0.640. The Morgan fingerprint density at radius 1 is 1.35 bits per heavy atom. The van der Waals surface area contributed by atoms with Crippen molar-refractivity contribution in [1.82, 2.24) is 10.0 Å². The van der Waals surface area contributed by atoms with Crippen LogP contribution in [0.1, 0.15) is 0 Å². The largest absolute Gasteiger partial charge is 0.322 e. The molecule has 6 nitrogen and oxygen atoms in total. The molecule has 20 heavy (non-hydrogen) atoms. The Labute approximate surface area is 121 Å². The van der Waals surface area contributed by atoms with Crippen LogP contribution in [0.2, 0.25) is 5.02 Å². The number of nitrogens with one attached hydrogen (secondary N) is 3. The lowest BCUT2D eigenvalue weighted by Gasteiger charge is -2.08. The monoisotopic (exact) mass is 323 g/mol. The summed E-state index contributed by atoms with van der Waals surface area (Å²) in [4.78, 5) is 11.5. The van der Waals surface area contributed by atoms with Gasteiger partial charge in [-0.3, -0.25) is 4.79 Å². The molecule has 0 aliphatic carbocycles. The van der Waals surface area contributed by atoms with Crippen molar-refractivity contribution in [1.29, 1.82) is 0 Å². The third kappa shape index (κ3) is 6.80. The highest BCUT2D eigenvalue weighted by molar-refractivity contribution is 7.88. The van der Waals surface area contributed by atoms with Crippen molar-refractivity contribution >= 4 is 33.2 Å². The van der Waals surface area contributed by atoms with Crippen LogP contribution in [0.4, 0.5) is 10.1 Å². The fraction of sp³-hybridized carbons (Fsp3) is 0.364. The first kappa shape index (κ1) is 16.8. The highest BCUT2D eigenvalue weighted by Gasteiger charge is 2.07. The van der Waals surface area contributed by atoms with E-state index in [0.29, 0.717) is 0 Å². The zero-order valence-corrected chi connectivity index (χ0v) is 12.3. The van der Waals surface area contributed by atoms with Crippen LogP contribution in [0.3, 0.4) is 0 Å². The summed E-state index contributed by atoms with van der Waals surface area (Å²) in [5.74, 6) is -1.06. The maximum Gasteiger partial charge on any atom is 0.238 e. The summed E-state index contributed by atoms with van der Waals surface area (Å²) in [6, 6.07) is 3.92.